The van der Waals surface area contributed by atoms with Gasteiger partial charge in [-0.1, -0.05) is 0 Å². The van der Waals surface area contributed by atoms with Crippen molar-refractivity contribution in [2.45, 2.75) is 62.9 Å². The predicted octanol–water partition coefficient (Wildman–Crippen LogP) is 3.41. The van der Waals surface area contributed by atoms with Crippen LogP contribution in [-0.4, -0.2) is 37.6 Å². The highest BCUT2D eigenvalue weighted by atomic mass is 31.2. The Morgan fingerprint density at radius 2 is 1.00 bits per heavy atom. The summed E-state index contributed by atoms with van der Waals surface area (Å²) in [5.74, 6) is 0. The van der Waals surface area contributed by atoms with Gasteiger partial charge in [0, 0.05) is 0 Å². The van der Waals surface area contributed by atoms with Crippen molar-refractivity contribution in [3.63, 3.8) is 0 Å². The van der Waals surface area contributed by atoms with Crippen LogP contribution in [0.4, 0.5) is 0 Å². The van der Waals surface area contributed by atoms with Crippen molar-refractivity contribution in [2.75, 3.05) is 13.2 Å². The zero-order valence-electron chi connectivity index (χ0n) is 11.3. The summed E-state index contributed by atoms with van der Waals surface area (Å²) in [6, 6.07) is 0. The van der Waals surface area contributed by atoms with Crippen molar-refractivity contribution in [3.8, 4) is 0 Å². The normalized spacial score (nSPS) is 46.8. The number of hydrogen-bond acceptors (Lipinski definition) is 6. The zero-order valence-corrected chi connectivity index (χ0v) is 13.1. The Morgan fingerprint density at radius 3 is 1.35 bits per heavy atom. The van der Waals surface area contributed by atoms with Crippen LogP contribution in [0.1, 0.15) is 38.5 Å². The maximum atomic E-state index is 5.73. The molecule has 0 N–H and O–H groups in total. The highest BCUT2D eigenvalue weighted by Gasteiger charge is 2.42. The zero-order chi connectivity index (χ0) is 13.4. The van der Waals surface area contributed by atoms with E-state index in [1.54, 1.807) is 0 Å². The summed E-state index contributed by atoms with van der Waals surface area (Å²) >= 11 is 0. The fourth-order valence-electron chi connectivity index (χ4n) is 3.10. The van der Waals surface area contributed by atoms with Gasteiger partial charge in [-0.05, 0) is 38.5 Å². The van der Waals surface area contributed by atoms with E-state index in [-0.39, 0.29) is 24.4 Å². The molecule has 2 saturated heterocycles. The topological polar surface area (TPSA) is 55.4 Å². The van der Waals surface area contributed by atoms with Gasteiger partial charge < -0.3 is 27.1 Å². The van der Waals surface area contributed by atoms with Crippen LogP contribution in [0, 0.1) is 0 Å². The number of hydrogen-bond donors (Lipinski definition) is 0. The van der Waals surface area contributed by atoms with Crippen LogP contribution in [0.3, 0.4) is 0 Å². The van der Waals surface area contributed by atoms with Crippen molar-refractivity contribution in [2.24, 2.45) is 0 Å². The summed E-state index contributed by atoms with van der Waals surface area (Å²) in [7, 11) is -2.33. The second-order valence-electron chi connectivity index (χ2n) is 5.55. The summed E-state index contributed by atoms with van der Waals surface area (Å²) in [6.45, 7) is 0.929. The lowest BCUT2D eigenvalue weighted by Gasteiger charge is -2.12. The van der Waals surface area contributed by atoms with Gasteiger partial charge in [0.25, 0.3) is 0 Å². The molecular weight excluding hydrogens is 302 g/mol. The summed E-state index contributed by atoms with van der Waals surface area (Å²) in [5, 5.41) is 0. The van der Waals surface area contributed by atoms with Crippen LogP contribution in [0.2, 0.25) is 0 Å². The maximum Gasteiger partial charge on any atom is 0.333 e. The first-order valence-electron chi connectivity index (χ1n) is 7.42. The minimum absolute atomic E-state index is 0.257. The smallest absolute Gasteiger partial charge is 0.310 e. The molecule has 6 nitrogen and oxygen atoms in total. The first kappa shape index (κ1) is 14.2. The van der Waals surface area contributed by atoms with Crippen molar-refractivity contribution in [1.82, 2.24) is 0 Å². The van der Waals surface area contributed by atoms with E-state index in [0.717, 1.165) is 25.7 Å². The third-order valence-electron chi connectivity index (χ3n) is 4.15. The van der Waals surface area contributed by atoms with Crippen molar-refractivity contribution < 1.29 is 27.1 Å². The van der Waals surface area contributed by atoms with Crippen LogP contribution in [0.25, 0.3) is 0 Å². The summed E-state index contributed by atoms with van der Waals surface area (Å²) < 4.78 is 34.1. The van der Waals surface area contributed by atoms with E-state index >= 15 is 0 Å². The van der Waals surface area contributed by atoms with E-state index in [1.807, 2.05) is 0 Å². The molecule has 4 unspecified atom stereocenters. The SMILES string of the molecule is C1CC2OP(OCCOP3OC4CCCC4O3)OC2C1. The molecule has 8 heteroatoms. The molecule has 4 atom stereocenters. The largest absolute Gasteiger partial charge is 0.333 e. The fraction of sp³-hybridized carbons (Fsp3) is 1.00. The Labute approximate surface area is 121 Å². The third-order valence-corrected chi connectivity index (χ3v) is 6.70. The average Bonchev–Trinajstić information content (AvgIpc) is 3.13. The van der Waals surface area contributed by atoms with Gasteiger partial charge in [-0.2, -0.15) is 0 Å². The van der Waals surface area contributed by atoms with E-state index in [1.165, 1.54) is 12.8 Å². The lowest BCUT2D eigenvalue weighted by Crippen LogP contribution is -2.13. The van der Waals surface area contributed by atoms with E-state index in [4.69, 9.17) is 27.1 Å². The predicted molar refractivity (Wildman–Crippen MR) is 72.9 cm³/mol. The monoisotopic (exact) mass is 322 g/mol. The van der Waals surface area contributed by atoms with Gasteiger partial charge in [0.05, 0.1) is 37.6 Å². The lowest BCUT2D eigenvalue weighted by atomic mass is 10.3. The van der Waals surface area contributed by atoms with Crippen LogP contribution < -0.4 is 0 Å². The van der Waals surface area contributed by atoms with Crippen molar-refractivity contribution in [3.05, 3.63) is 0 Å². The van der Waals surface area contributed by atoms with E-state index in [2.05, 4.69) is 0 Å². The van der Waals surface area contributed by atoms with Crippen molar-refractivity contribution in [1.29, 1.82) is 0 Å². The second kappa shape index (κ2) is 6.39. The molecule has 0 aromatic rings. The van der Waals surface area contributed by atoms with Gasteiger partial charge in [-0.3, -0.25) is 0 Å². The molecule has 2 aliphatic heterocycles. The molecule has 0 aromatic heterocycles. The van der Waals surface area contributed by atoms with Gasteiger partial charge in [-0.15, -0.1) is 0 Å². The molecule has 0 bridgehead atoms. The highest BCUT2D eigenvalue weighted by Crippen LogP contribution is 2.55. The minimum Gasteiger partial charge on any atom is -0.310 e. The Kier molecular flexibility index (Phi) is 4.55. The maximum absolute atomic E-state index is 5.73. The number of rotatable bonds is 5. The molecule has 2 aliphatic carbocycles. The molecule has 0 radical (unpaired) electrons. The van der Waals surface area contributed by atoms with Gasteiger partial charge in [0.2, 0.25) is 0 Å². The van der Waals surface area contributed by atoms with E-state index in [9.17, 15) is 0 Å². The van der Waals surface area contributed by atoms with Gasteiger partial charge in [0.1, 0.15) is 0 Å². The molecule has 114 valence electrons. The number of fused-ring (bicyclic) bond motifs is 2. The van der Waals surface area contributed by atoms with Gasteiger partial charge in [0.15, 0.2) is 0 Å². The quantitative estimate of drug-likeness (QED) is 0.571. The standard InChI is InChI=1S/C12H20O6P2/c1-3-9-10(4-1)16-19(15-9)13-7-8-14-20-17-11-5-2-6-12(11)18-20/h9-12H,1-8H2. The van der Waals surface area contributed by atoms with Crippen LogP contribution >= 0.6 is 17.2 Å². The van der Waals surface area contributed by atoms with Crippen LogP contribution in [-0.2, 0) is 27.1 Å². The summed E-state index contributed by atoms with van der Waals surface area (Å²) in [4.78, 5) is 0. The summed E-state index contributed by atoms with van der Waals surface area (Å²) in [6.07, 6.45) is 7.81. The second-order valence-corrected chi connectivity index (χ2v) is 7.81. The molecule has 0 spiro atoms. The van der Waals surface area contributed by atoms with Gasteiger partial charge in [-0.25, -0.2) is 0 Å². The first-order chi connectivity index (χ1) is 9.88. The highest BCUT2D eigenvalue weighted by molar-refractivity contribution is 7.42. The Balaban J connectivity index is 1.11. The molecule has 2 heterocycles. The molecule has 0 aromatic carbocycles. The molecule has 4 aliphatic rings. The Hall–Kier alpha value is 0.620. The average molecular weight is 322 g/mol. The molecule has 2 saturated carbocycles. The molecule has 4 fully saturated rings. The Bertz CT molecular complexity index is 290. The van der Waals surface area contributed by atoms with E-state index < -0.39 is 17.2 Å². The minimum atomic E-state index is -1.17. The Morgan fingerprint density at radius 1 is 0.650 bits per heavy atom. The summed E-state index contributed by atoms with van der Waals surface area (Å²) in [5.41, 5.74) is 0. The fourth-order valence-corrected chi connectivity index (χ4v) is 5.74. The molecular formula is C12H20O6P2. The molecule has 20 heavy (non-hydrogen) atoms. The van der Waals surface area contributed by atoms with Gasteiger partial charge >= 0.3 is 17.2 Å². The van der Waals surface area contributed by atoms with E-state index in [0.29, 0.717) is 13.2 Å². The van der Waals surface area contributed by atoms with Crippen molar-refractivity contribution >= 4 is 17.2 Å². The molecule has 0 amide bonds. The molecule has 4 rings (SSSR count). The van der Waals surface area contributed by atoms with Crippen LogP contribution in [0.15, 0.2) is 0 Å². The van der Waals surface area contributed by atoms with Crippen LogP contribution in [0.5, 0.6) is 0 Å². The lowest BCUT2D eigenvalue weighted by molar-refractivity contribution is 0.158. The third kappa shape index (κ3) is 3.04. The first-order valence-corrected chi connectivity index (χ1v) is 9.61.